The Hall–Kier alpha value is -3.75. The smallest absolute Gasteiger partial charge is 0.200 e. The number of hydrogen-bond donors (Lipinski definition) is 2. The molecular weight excluding hydrogens is 474 g/mol. The van der Waals surface area contributed by atoms with Gasteiger partial charge in [-0.05, 0) is 65.6 Å². The number of morpholine rings is 1. The van der Waals surface area contributed by atoms with Gasteiger partial charge in [0.25, 0.3) is 0 Å². The number of fused-ring (bicyclic) bond motifs is 4. The molecule has 2 N–H and O–H groups in total. The molecule has 0 unspecified atom stereocenters. The third-order valence-electron chi connectivity index (χ3n) is 7.76. The maximum atomic E-state index is 14.0. The van der Waals surface area contributed by atoms with E-state index in [1.165, 1.54) is 24.3 Å². The van der Waals surface area contributed by atoms with Crippen molar-refractivity contribution in [2.45, 2.75) is 25.1 Å². The standard InChI is InChI=1S/C29H26F2N4O2/c30-19-2-4-23-18(11-19)15-37-28-12-20(31)3-5-24(28)25(23)9-17-1-6-27-26(10-17)33-29(32)35(27)21-13-22-16-36-8-7-34(22)14-21/h1-6,9-12,21-22H,7-8,13-16H2,(H2,32,33)/b25-9+/t21-,22-/m0/s1. The average molecular weight is 501 g/mol. The van der Waals surface area contributed by atoms with Crippen molar-refractivity contribution in [1.29, 1.82) is 5.41 Å². The number of rotatable bonds is 2. The molecule has 188 valence electrons. The van der Waals surface area contributed by atoms with Crippen LogP contribution in [0.5, 0.6) is 5.75 Å². The van der Waals surface area contributed by atoms with Gasteiger partial charge in [0.1, 0.15) is 24.0 Å². The van der Waals surface area contributed by atoms with Crippen LogP contribution in [-0.4, -0.2) is 46.8 Å². The van der Waals surface area contributed by atoms with Gasteiger partial charge in [-0.2, -0.15) is 0 Å². The summed E-state index contributed by atoms with van der Waals surface area (Å²) in [5.74, 6) is -0.296. The van der Waals surface area contributed by atoms with Gasteiger partial charge in [0.2, 0.25) is 5.62 Å². The van der Waals surface area contributed by atoms with E-state index in [9.17, 15) is 8.78 Å². The van der Waals surface area contributed by atoms with Gasteiger partial charge in [0, 0.05) is 36.3 Å². The molecule has 0 aliphatic carbocycles. The summed E-state index contributed by atoms with van der Waals surface area (Å²) in [7, 11) is 0. The fourth-order valence-electron chi connectivity index (χ4n) is 6.04. The number of ether oxygens (including phenoxy) is 2. The summed E-state index contributed by atoms with van der Waals surface area (Å²) in [6.45, 7) is 3.54. The third-order valence-corrected chi connectivity index (χ3v) is 7.76. The number of halogens is 2. The normalized spacial score (nSPS) is 22.4. The molecule has 0 bridgehead atoms. The van der Waals surface area contributed by atoms with Crippen molar-refractivity contribution in [2.24, 2.45) is 0 Å². The van der Waals surface area contributed by atoms with Crippen LogP contribution in [0.15, 0.2) is 54.6 Å². The van der Waals surface area contributed by atoms with Crippen LogP contribution in [0.3, 0.4) is 0 Å². The van der Waals surface area contributed by atoms with Crippen LogP contribution in [0.4, 0.5) is 8.78 Å². The van der Waals surface area contributed by atoms with Gasteiger partial charge < -0.3 is 19.0 Å². The average Bonchev–Trinajstić information content (AvgIpc) is 3.41. The Balaban J connectivity index is 1.32. The lowest BCUT2D eigenvalue weighted by molar-refractivity contribution is 0.0128. The number of benzene rings is 3. The Labute approximate surface area is 212 Å². The third kappa shape index (κ3) is 3.88. The van der Waals surface area contributed by atoms with Crippen LogP contribution in [0.25, 0.3) is 22.7 Å². The van der Waals surface area contributed by atoms with E-state index in [1.807, 2.05) is 18.2 Å². The molecule has 37 heavy (non-hydrogen) atoms. The molecule has 2 atom stereocenters. The van der Waals surface area contributed by atoms with Crippen molar-refractivity contribution in [3.63, 3.8) is 0 Å². The minimum absolute atomic E-state index is 0.156. The van der Waals surface area contributed by atoms with Crippen molar-refractivity contribution >= 4 is 22.7 Å². The first-order chi connectivity index (χ1) is 18.0. The number of imidazole rings is 1. The van der Waals surface area contributed by atoms with E-state index in [1.54, 1.807) is 12.1 Å². The van der Waals surface area contributed by atoms with Crippen LogP contribution < -0.4 is 10.4 Å². The van der Waals surface area contributed by atoms with E-state index in [0.717, 1.165) is 66.0 Å². The van der Waals surface area contributed by atoms with Crippen molar-refractivity contribution in [2.75, 3.05) is 26.3 Å². The largest absolute Gasteiger partial charge is 0.488 e. The highest BCUT2D eigenvalue weighted by Gasteiger charge is 2.35. The van der Waals surface area contributed by atoms with Gasteiger partial charge >= 0.3 is 0 Å². The Morgan fingerprint density at radius 3 is 2.68 bits per heavy atom. The van der Waals surface area contributed by atoms with Crippen LogP contribution in [0.2, 0.25) is 0 Å². The zero-order valence-electron chi connectivity index (χ0n) is 20.1. The van der Waals surface area contributed by atoms with Gasteiger partial charge in [-0.15, -0.1) is 0 Å². The first-order valence-corrected chi connectivity index (χ1v) is 12.6. The van der Waals surface area contributed by atoms with Gasteiger partial charge in [0.15, 0.2) is 0 Å². The molecule has 2 saturated heterocycles. The lowest BCUT2D eigenvalue weighted by atomic mass is 9.92. The number of aromatic amines is 1. The molecule has 4 heterocycles. The van der Waals surface area contributed by atoms with Crippen molar-refractivity contribution in [3.05, 3.63) is 94.1 Å². The van der Waals surface area contributed by atoms with Gasteiger partial charge in [0.05, 0.1) is 30.3 Å². The predicted molar refractivity (Wildman–Crippen MR) is 136 cm³/mol. The van der Waals surface area contributed by atoms with E-state index in [-0.39, 0.29) is 24.3 Å². The predicted octanol–water partition coefficient (Wildman–Crippen LogP) is 4.85. The quantitative estimate of drug-likeness (QED) is 0.414. The Kier molecular flexibility index (Phi) is 5.26. The molecule has 0 radical (unpaired) electrons. The highest BCUT2D eigenvalue weighted by molar-refractivity contribution is 5.95. The van der Waals surface area contributed by atoms with E-state index in [0.29, 0.717) is 23.0 Å². The van der Waals surface area contributed by atoms with Crippen LogP contribution >= 0.6 is 0 Å². The lowest BCUT2D eigenvalue weighted by Crippen LogP contribution is -2.40. The number of H-pyrrole nitrogens is 1. The Morgan fingerprint density at radius 1 is 0.973 bits per heavy atom. The molecule has 1 aromatic heterocycles. The van der Waals surface area contributed by atoms with Gasteiger partial charge in [-0.1, -0.05) is 12.1 Å². The highest BCUT2D eigenvalue weighted by Crippen LogP contribution is 2.39. The van der Waals surface area contributed by atoms with Gasteiger partial charge in [-0.3, -0.25) is 10.3 Å². The highest BCUT2D eigenvalue weighted by atomic mass is 19.1. The van der Waals surface area contributed by atoms with E-state index in [2.05, 4.69) is 20.5 Å². The number of aromatic nitrogens is 2. The summed E-state index contributed by atoms with van der Waals surface area (Å²) in [5, 5.41) is 8.67. The Morgan fingerprint density at radius 2 is 1.81 bits per heavy atom. The zero-order chi connectivity index (χ0) is 25.1. The first kappa shape index (κ1) is 22.4. The molecule has 3 aliphatic rings. The summed E-state index contributed by atoms with van der Waals surface area (Å²) in [4.78, 5) is 5.72. The molecular formula is C29H26F2N4O2. The fraction of sp³-hybridized carbons (Fsp3) is 0.276. The maximum absolute atomic E-state index is 14.0. The number of nitrogens with one attached hydrogen (secondary N) is 2. The van der Waals surface area contributed by atoms with Gasteiger partial charge in [-0.25, -0.2) is 8.78 Å². The molecule has 7 rings (SSSR count). The summed E-state index contributed by atoms with van der Waals surface area (Å²) in [5.41, 5.74) is 6.31. The number of nitrogens with zero attached hydrogens (tertiary/aromatic N) is 2. The zero-order valence-corrected chi connectivity index (χ0v) is 20.1. The van der Waals surface area contributed by atoms with E-state index < -0.39 is 0 Å². The maximum Gasteiger partial charge on any atom is 0.200 e. The first-order valence-electron chi connectivity index (χ1n) is 12.6. The summed E-state index contributed by atoms with van der Waals surface area (Å²) in [6, 6.07) is 15.9. The molecule has 0 saturated carbocycles. The second-order valence-corrected chi connectivity index (χ2v) is 10.0. The van der Waals surface area contributed by atoms with E-state index in [4.69, 9.17) is 14.9 Å². The lowest BCUT2D eigenvalue weighted by Gasteiger charge is -2.28. The molecule has 0 amide bonds. The van der Waals surface area contributed by atoms with Crippen LogP contribution in [-0.2, 0) is 11.3 Å². The monoisotopic (exact) mass is 500 g/mol. The second-order valence-electron chi connectivity index (χ2n) is 10.0. The summed E-state index contributed by atoms with van der Waals surface area (Å²) in [6.07, 6.45) is 2.99. The summed E-state index contributed by atoms with van der Waals surface area (Å²) >= 11 is 0. The minimum atomic E-state index is -0.384. The SMILES string of the molecule is N=c1[nH]c2cc(/C=C3\c4ccc(F)cc4COc4cc(F)ccc43)ccc2n1[C@H]1C[C@H]2COCCN2C1. The molecule has 6 nitrogen and oxygen atoms in total. The van der Waals surface area contributed by atoms with E-state index >= 15 is 0 Å². The van der Waals surface area contributed by atoms with Crippen molar-refractivity contribution < 1.29 is 18.3 Å². The van der Waals surface area contributed by atoms with Crippen molar-refractivity contribution in [1.82, 2.24) is 14.5 Å². The topological polar surface area (TPSA) is 66.3 Å². The molecule has 3 aliphatic heterocycles. The molecule has 2 fully saturated rings. The molecule has 8 heteroatoms. The minimum Gasteiger partial charge on any atom is -0.488 e. The Bertz CT molecular complexity index is 1550. The molecule has 0 spiro atoms. The number of hydrogen-bond acceptors (Lipinski definition) is 4. The van der Waals surface area contributed by atoms with Crippen molar-refractivity contribution in [3.8, 4) is 5.75 Å². The molecule has 4 aromatic rings. The molecule has 3 aromatic carbocycles. The fourth-order valence-corrected chi connectivity index (χ4v) is 6.04. The van der Waals surface area contributed by atoms with Crippen LogP contribution in [0, 0.1) is 17.0 Å². The van der Waals surface area contributed by atoms with Crippen LogP contribution in [0.1, 0.15) is 34.7 Å². The summed E-state index contributed by atoms with van der Waals surface area (Å²) < 4.78 is 41.7. The second kappa shape index (κ2) is 8.68.